The maximum atomic E-state index is 12.8. The van der Waals surface area contributed by atoms with Crippen LogP contribution in [-0.4, -0.2) is 34.7 Å². The lowest BCUT2D eigenvalue weighted by Gasteiger charge is -2.08. The molecule has 0 atom stereocenters. The van der Waals surface area contributed by atoms with Crippen molar-refractivity contribution < 1.29 is 14.3 Å². The SMILES string of the molecule is COc1ccc(OC)c(-c2csc(NC(=O)c3cncn3-c3ccccc3)n2)c1. The van der Waals surface area contributed by atoms with E-state index in [2.05, 4.69) is 15.3 Å². The van der Waals surface area contributed by atoms with Crippen molar-refractivity contribution in [2.45, 2.75) is 0 Å². The molecule has 1 N–H and O–H groups in total. The van der Waals surface area contributed by atoms with Crippen LogP contribution in [0.5, 0.6) is 11.5 Å². The van der Waals surface area contributed by atoms with E-state index < -0.39 is 0 Å². The molecule has 0 saturated carbocycles. The Balaban J connectivity index is 1.58. The van der Waals surface area contributed by atoms with Gasteiger partial charge in [0, 0.05) is 16.6 Å². The second-order valence-corrected chi connectivity index (χ2v) is 6.90. The van der Waals surface area contributed by atoms with Gasteiger partial charge in [-0.3, -0.25) is 14.7 Å². The van der Waals surface area contributed by atoms with E-state index in [1.54, 1.807) is 25.1 Å². The van der Waals surface area contributed by atoms with E-state index in [0.717, 1.165) is 11.3 Å². The molecule has 29 heavy (non-hydrogen) atoms. The molecule has 0 radical (unpaired) electrons. The fourth-order valence-electron chi connectivity index (χ4n) is 2.89. The van der Waals surface area contributed by atoms with E-state index in [1.165, 1.54) is 17.5 Å². The first-order valence-electron chi connectivity index (χ1n) is 8.76. The summed E-state index contributed by atoms with van der Waals surface area (Å²) < 4.78 is 12.4. The molecule has 0 aliphatic carbocycles. The minimum atomic E-state index is -0.287. The molecule has 0 spiro atoms. The Morgan fingerprint density at radius 1 is 1.10 bits per heavy atom. The van der Waals surface area contributed by atoms with Gasteiger partial charge in [0.15, 0.2) is 5.13 Å². The number of hydrogen-bond donors (Lipinski definition) is 1. The number of carbonyl (C=O) groups is 1. The van der Waals surface area contributed by atoms with Crippen molar-refractivity contribution in [3.8, 4) is 28.4 Å². The van der Waals surface area contributed by atoms with Crippen LogP contribution < -0.4 is 14.8 Å². The number of hydrogen-bond acceptors (Lipinski definition) is 6. The van der Waals surface area contributed by atoms with Gasteiger partial charge >= 0.3 is 0 Å². The standard InChI is InChI=1S/C21H18N4O3S/c1-27-15-8-9-19(28-2)16(10-15)17-12-29-21(23-17)24-20(26)18-11-22-13-25(18)14-6-4-3-5-7-14/h3-13H,1-2H3,(H,23,24,26). The molecule has 0 aliphatic heterocycles. The van der Waals surface area contributed by atoms with Gasteiger partial charge in [0.25, 0.3) is 5.91 Å². The second kappa shape index (κ2) is 8.15. The lowest BCUT2D eigenvalue weighted by molar-refractivity contribution is 0.102. The van der Waals surface area contributed by atoms with E-state index in [-0.39, 0.29) is 5.91 Å². The van der Waals surface area contributed by atoms with E-state index in [4.69, 9.17) is 9.47 Å². The summed E-state index contributed by atoms with van der Waals surface area (Å²) in [4.78, 5) is 21.4. The summed E-state index contributed by atoms with van der Waals surface area (Å²) in [6.07, 6.45) is 3.14. The monoisotopic (exact) mass is 406 g/mol. The van der Waals surface area contributed by atoms with Gasteiger partial charge in [-0.05, 0) is 30.3 Å². The third kappa shape index (κ3) is 3.83. The van der Waals surface area contributed by atoms with Gasteiger partial charge in [-0.15, -0.1) is 11.3 Å². The summed E-state index contributed by atoms with van der Waals surface area (Å²) in [6, 6.07) is 15.1. The zero-order chi connectivity index (χ0) is 20.2. The smallest absolute Gasteiger partial charge is 0.276 e. The lowest BCUT2D eigenvalue weighted by Crippen LogP contribution is -2.15. The molecule has 7 nitrogen and oxygen atoms in total. The van der Waals surface area contributed by atoms with Gasteiger partial charge in [-0.2, -0.15) is 0 Å². The molecule has 0 saturated heterocycles. The topological polar surface area (TPSA) is 78.3 Å². The van der Waals surface area contributed by atoms with Gasteiger partial charge in [0.1, 0.15) is 17.2 Å². The van der Waals surface area contributed by atoms with Crippen LogP contribution in [0.2, 0.25) is 0 Å². The third-order valence-corrected chi connectivity index (χ3v) is 5.07. The van der Waals surface area contributed by atoms with Crippen LogP contribution in [0.1, 0.15) is 10.5 Å². The molecule has 1 amide bonds. The maximum Gasteiger partial charge on any atom is 0.276 e. The first-order chi connectivity index (χ1) is 14.2. The molecule has 0 unspecified atom stereocenters. The summed E-state index contributed by atoms with van der Waals surface area (Å²) in [5.41, 5.74) is 2.76. The van der Waals surface area contributed by atoms with Crippen LogP contribution in [0, 0.1) is 0 Å². The average molecular weight is 406 g/mol. The van der Waals surface area contributed by atoms with Crippen molar-refractivity contribution in [2.75, 3.05) is 19.5 Å². The highest BCUT2D eigenvalue weighted by Crippen LogP contribution is 2.35. The Morgan fingerprint density at radius 3 is 2.69 bits per heavy atom. The number of imidazole rings is 1. The van der Waals surface area contributed by atoms with Crippen LogP contribution in [0.3, 0.4) is 0 Å². The minimum absolute atomic E-state index is 0.287. The first kappa shape index (κ1) is 18.7. The number of nitrogens with one attached hydrogen (secondary N) is 1. The van der Waals surface area contributed by atoms with Crippen molar-refractivity contribution in [2.24, 2.45) is 0 Å². The summed E-state index contributed by atoms with van der Waals surface area (Å²) in [6.45, 7) is 0. The Labute approximate surface area is 171 Å². The van der Waals surface area contributed by atoms with Crippen LogP contribution in [0.4, 0.5) is 5.13 Å². The molecule has 146 valence electrons. The number of amides is 1. The van der Waals surface area contributed by atoms with Gasteiger partial charge in [-0.25, -0.2) is 9.97 Å². The number of nitrogens with zero attached hydrogens (tertiary/aromatic N) is 3. The van der Waals surface area contributed by atoms with Crippen LogP contribution >= 0.6 is 11.3 Å². The van der Waals surface area contributed by atoms with Crippen LogP contribution in [0.15, 0.2) is 66.4 Å². The Morgan fingerprint density at radius 2 is 1.93 bits per heavy atom. The summed E-state index contributed by atoms with van der Waals surface area (Å²) in [5, 5.41) is 5.19. The largest absolute Gasteiger partial charge is 0.497 e. The van der Waals surface area contributed by atoms with Gasteiger partial charge in [0.05, 0.1) is 32.4 Å². The summed E-state index contributed by atoms with van der Waals surface area (Å²) in [5.74, 6) is 1.09. The van der Waals surface area contributed by atoms with Crippen LogP contribution in [-0.2, 0) is 0 Å². The van der Waals surface area contributed by atoms with E-state index >= 15 is 0 Å². The Hall–Kier alpha value is -3.65. The number of para-hydroxylation sites is 1. The number of ether oxygens (including phenoxy) is 2. The van der Waals surface area contributed by atoms with E-state index in [1.807, 2.05) is 53.9 Å². The molecule has 2 aromatic heterocycles. The first-order valence-corrected chi connectivity index (χ1v) is 9.64. The molecule has 4 aromatic rings. The third-order valence-electron chi connectivity index (χ3n) is 4.31. The molecule has 4 rings (SSSR count). The molecule has 8 heteroatoms. The highest BCUT2D eigenvalue weighted by atomic mass is 32.1. The number of thiazole rings is 1. The number of rotatable bonds is 6. The Bertz CT molecular complexity index is 1140. The minimum Gasteiger partial charge on any atom is -0.497 e. The Kier molecular flexibility index (Phi) is 5.26. The molecule has 0 fully saturated rings. The number of benzene rings is 2. The lowest BCUT2D eigenvalue weighted by atomic mass is 10.1. The van der Waals surface area contributed by atoms with Gasteiger partial charge in [0.2, 0.25) is 0 Å². The van der Waals surface area contributed by atoms with Crippen molar-refractivity contribution in [3.63, 3.8) is 0 Å². The molecule has 2 heterocycles. The predicted molar refractivity (Wildman–Crippen MR) is 112 cm³/mol. The van der Waals surface area contributed by atoms with Crippen molar-refractivity contribution in [1.29, 1.82) is 0 Å². The fraction of sp³-hybridized carbons (Fsp3) is 0.0952. The molecule has 2 aromatic carbocycles. The molecule has 0 bridgehead atoms. The van der Waals surface area contributed by atoms with Gasteiger partial charge in [-0.1, -0.05) is 18.2 Å². The highest BCUT2D eigenvalue weighted by molar-refractivity contribution is 7.14. The van der Waals surface area contributed by atoms with Crippen molar-refractivity contribution in [1.82, 2.24) is 14.5 Å². The summed E-state index contributed by atoms with van der Waals surface area (Å²) >= 11 is 1.34. The zero-order valence-corrected chi connectivity index (χ0v) is 16.6. The number of anilines is 1. The second-order valence-electron chi connectivity index (χ2n) is 6.04. The van der Waals surface area contributed by atoms with Gasteiger partial charge < -0.3 is 9.47 Å². The van der Waals surface area contributed by atoms with E-state index in [9.17, 15) is 4.79 Å². The normalized spacial score (nSPS) is 10.6. The fourth-order valence-corrected chi connectivity index (χ4v) is 3.59. The predicted octanol–water partition coefficient (Wildman–Crippen LogP) is 4.27. The molecule has 0 aliphatic rings. The van der Waals surface area contributed by atoms with Crippen molar-refractivity contribution in [3.05, 3.63) is 72.1 Å². The molecular formula is C21H18N4O3S. The zero-order valence-electron chi connectivity index (χ0n) is 15.8. The highest BCUT2D eigenvalue weighted by Gasteiger charge is 2.16. The maximum absolute atomic E-state index is 12.8. The number of carbonyl (C=O) groups excluding carboxylic acids is 1. The molecular weight excluding hydrogens is 388 g/mol. The average Bonchev–Trinajstić information content (AvgIpc) is 3.43. The summed E-state index contributed by atoms with van der Waals surface area (Å²) in [7, 11) is 3.21. The quantitative estimate of drug-likeness (QED) is 0.517. The van der Waals surface area contributed by atoms with Crippen LogP contribution in [0.25, 0.3) is 16.9 Å². The number of methoxy groups -OCH3 is 2. The number of aromatic nitrogens is 3. The van der Waals surface area contributed by atoms with Crippen molar-refractivity contribution >= 4 is 22.4 Å². The van der Waals surface area contributed by atoms with E-state index in [0.29, 0.717) is 28.0 Å².